The first-order chi connectivity index (χ1) is 19.0. The second-order valence-electron chi connectivity index (χ2n) is 8.51. The van der Waals surface area contributed by atoms with E-state index in [1.165, 1.54) is 19.2 Å². The number of methoxy groups -OCH3 is 1. The molecule has 3 N–H and O–H groups in total. The highest BCUT2D eigenvalue weighted by atomic mass is 16.5. The molecular weight excluding hydrogens is 494 g/mol. The second kappa shape index (κ2) is 11.2. The lowest BCUT2D eigenvalue weighted by Gasteiger charge is -2.08. The molecule has 0 aliphatic rings. The smallest absolute Gasteiger partial charge is 0.337 e. The zero-order valence-corrected chi connectivity index (χ0v) is 20.8. The number of anilines is 2. The summed E-state index contributed by atoms with van der Waals surface area (Å²) in [4.78, 5) is 41.2. The molecule has 2 amide bonds. The Labute approximate surface area is 223 Å². The molecule has 39 heavy (non-hydrogen) atoms. The molecule has 9 heteroatoms. The van der Waals surface area contributed by atoms with Gasteiger partial charge < -0.3 is 15.4 Å². The Morgan fingerprint density at radius 1 is 0.821 bits per heavy atom. The van der Waals surface area contributed by atoms with Gasteiger partial charge in [-0.15, -0.1) is 0 Å². The van der Waals surface area contributed by atoms with E-state index < -0.39 is 5.97 Å². The summed E-state index contributed by atoms with van der Waals surface area (Å²) in [5.41, 5.74) is 4.65. The number of hydrogen-bond donors (Lipinski definition) is 3. The van der Waals surface area contributed by atoms with Crippen molar-refractivity contribution in [2.24, 2.45) is 0 Å². The summed E-state index contributed by atoms with van der Waals surface area (Å²) in [7, 11) is 1.30. The topological polar surface area (TPSA) is 126 Å². The maximum atomic E-state index is 12.8. The highest BCUT2D eigenvalue weighted by Gasteiger charge is 2.12. The number of H-pyrrole nitrogens is 1. The van der Waals surface area contributed by atoms with Crippen molar-refractivity contribution in [2.75, 3.05) is 17.7 Å². The fourth-order valence-corrected chi connectivity index (χ4v) is 3.92. The fraction of sp³-hybridized carbons (Fsp3) is 0.0333. The average Bonchev–Trinajstić information content (AvgIpc) is 3.39. The zero-order chi connectivity index (χ0) is 27.2. The summed E-state index contributed by atoms with van der Waals surface area (Å²) >= 11 is 0. The number of hydrogen-bond acceptors (Lipinski definition) is 6. The van der Waals surface area contributed by atoms with E-state index in [1.54, 1.807) is 48.8 Å². The van der Waals surface area contributed by atoms with Crippen LogP contribution in [0.5, 0.6) is 0 Å². The average molecular weight is 518 g/mol. The Morgan fingerprint density at radius 2 is 1.54 bits per heavy atom. The number of benzene rings is 3. The zero-order valence-electron chi connectivity index (χ0n) is 20.8. The Morgan fingerprint density at radius 3 is 2.31 bits per heavy atom. The van der Waals surface area contributed by atoms with E-state index in [4.69, 9.17) is 4.74 Å². The van der Waals surface area contributed by atoms with Gasteiger partial charge in [0.05, 0.1) is 29.6 Å². The van der Waals surface area contributed by atoms with Crippen molar-refractivity contribution < 1.29 is 19.1 Å². The SMILES string of the molecule is COC(=O)c1ccc(C(=O)Nc2ccc3[nH]nc(C=Cc4cnccc4NC(=O)c4ccccc4)c3c2)cc1. The second-order valence-corrected chi connectivity index (χ2v) is 8.51. The first-order valence-electron chi connectivity index (χ1n) is 12.0. The quantitative estimate of drug-likeness (QED) is 0.248. The van der Waals surface area contributed by atoms with E-state index in [1.807, 2.05) is 42.5 Å². The Bertz CT molecular complexity index is 1690. The number of nitrogens with zero attached hydrogens (tertiary/aromatic N) is 2. The minimum Gasteiger partial charge on any atom is -0.465 e. The van der Waals surface area contributed by atoms with Crippen molar-refractivity contribution in [3.05, 3.63) is 119 Å². The fourth-order valence-electron chi connectivity index (χ4n) is 3.92. The van der Waals surface area contributed by atoms with Crippen LogP contribution >= 0.6 is 0 Å². The van der Waals surface area contributed by atoms with Gasteiger partial charge in [0.25, 0.3) is 11.8 Å². The lowest BCUT2D eigenvalue weighted by Crippen LogP contribution is -2.12. The number of fused-ring (bicyclic) bond motifs is 1. The number of nitrogens with one attached hydrogen (secondary N) is 3. The van der Waals surface area contributed by atoms with Crippen LogP contribution in [-0.2, 0) is 4.74 Å². The first-order valence-corrected chi connectivity index (χ1v) is 12.0. The van der Waals surface area contributed by atoms with Gasteiger partial charge in [-0.2, -0.15) is 5.10 Å². The number of carbonyl (C=O) groups is 3. The largest absolute Gasteiger partial charge is 0.465 e. The number of esters is 1. The summed E-state index contributed by atoms with van der Waals surface area (Å²) in [5, 5.41) is 14.0. The molecule has 5 rings (SSSR count). The third-order valence-electron chi connectivity index (χ3n) is 5.98. The molecular formula is C30H23N5O4. The number of aromatic nitrogens is 3. The third-order valence-corrected chi connectivity index (χ3v) is 5.98. The minimum atomic E-state index is -0.468. The third kappa shape index (κ3) is 5.72. The Hall–Kier alpha value is -5.57. The van der Waals surface area contributed by atoms with Gasteiger partial charge in [0.1, 0.15) is 0 Å². The van der Waals surface area contributed by atoms with E-state index in [0.717, 1.165) is 10.9 Å². The number of ether oxygens (including phenoxy) is 1. The first kappa shape index (κ1) is 25.1. The lowest BCUT2D eigenvalue weighted by molar-refractivity contribution is 0.0600. The van der Waals surface area contributed by atoms with Crippen LogP contribution in [0.25, 0.3) is 23.1 Å². The number of rotatable bonds is 7. The molecule has 192 valence electrons. The van der Waals surface area contributed by atoms with Gasteiger partial charge in [-0.1, -0.05) is 18.2 Å². The predicted octanol–water partition coefficient (Wildman–Crippen LogP) is 5.42. The molecule has 0 atom stereocenters. The van der Waals surface area contributed by atoms with Gasteiger partial charge in [-0.3, -0.25) is 19.7 Å². The number of pyridine rings is 1. The van der Waals surface area contributed by atoms with Crippen molar-refractivity contribution in [3.8, 4) is 0 Å². The maximum absolute atomic E-state index is 12.8. The number of carbonyl (C=O) groups excluding carboxylic acids is 3. The minimum absolute atomic E-state index is 0.220. The van der Waals surface area contributed by atoms with Gasteiger partial charge in [-0.05, 0) is 72.8 Å². The molecule has 0 bridgehead atoms. The molecule has 2 heterocycles. The van der Waals surface area contributed by atoms with Crippen LogP contribution in [0.3, 0.4) is 0 Å². The summed E-state index contributed by atoms with van der Waals surface area (Å²) in [6.45, 7) is 0. The molecule has 0 saturated carbocycles. The normalized spacial score (nSPS) is 10.9. The Kier molecular flexibility index (Phi) is 7.22. The van der Waals surface area contributed by atoms with Crippen LogP contribution in [0, 0.1) is 0 Å². The lowest BCUT2D eigenvalue weighted by atomic mass is 10.1. The molecule has 0 aliphatic carbocycles. The molecule has 9 nitrogen and oxygen atoms in total. The van der Waals surface area contributed by atoms with Gasteiger partial charge in [0.2, 0.25) is 0 Å². The van der Waals surface area contributed by atoms with E-state index in [2.05, 4.69) is 25.8 Å². The molecule has 2 aromatic heterocycles. The molecule has 0 spiro atoms. The molecule has 5 aromatic rings. The van der Waals surface area contributed by atoms with Gasteiger partial charge >= 0.3 is 5.97 Å². The van der Waals surface area contributed by atoms with Crippen LogP contribution in [-0.4, -0.2) is 40.1 Å². The van der Waals surface area contributed by atoms with Crippen LogP contribution < -0.4 is 10.6 Å². The standard InChI is InChI=1S/C30H23N5O4/c1-39-30(38)21-9-7-20(8-10-21)28(36)32-23-12-14-27-24(17-23)26(34-35-27)13-11-22-18-31-16-15-25(22)33-29(37)19-5-3-2-4-6-19/h2-18H,1H3,(H,32,36)(H,34,35)(H,31,33,37). The van der Waals surface area contributed by atoms with Crippen LogP contribution in [0.15, 0.2) is 91.3 Å². The molecule has 0 radical (unpaired) electrons. The van der Waals surface area contributed by atoms with Crippen molar-refractivity contribution in [3.63, 3.8) is 0 Å². The summed E-state index contributed by atoms with van der Waals surface area (Å²) < 4.78 is 4.69. The molecule has 0 fully saturated rings. The van der Waals surface area contributed by atoms with Gasteiger partial charge in [-0.25, -0.2) is 4.79 Å². The number of aromatic amines is 1. The summed E-state index contributed by atoms with van der Waals surface area (Å²) in [5.74, 6) is -1.01. The predicted molar refractivity (Wildman–Crippen MR) is 149 cm³/mol. The highest BCUT2D eigenvalue weighted by Crippen LogP contribution is 2.24. The molecule has 0 saturated heterocycles. The summed E-state index contributed by atoms with van der Waals surface area (Å²) in [6, 6.07) is 22.3. The molecule has 0 unspecified atom stereocenters. The van der Waals surface area contributed by atoms with Crippen molar-refractivity contribution in [2.45, 2.75) is 0 Å². The van der Waals surface area contributed by atoms with E-state index in [0.29, 0.717) is 39.3 Å². The Balaban J connectivity index is 1.34. The van der Waals surface area contributed by atoms with Crippen LogP contribution in [0.1, 0.15) is 42.3 Å². The van der Waals surface area contributed by atoms with Gasteiger partial charge in [0.15, 0.2) is 0 Å². The van der Waals surface area contributed by atoms with Gasteiger partial charge in [0, 0.05) is 40.2 Å². The van der Waals surface area contributed by atoms with E-state index in [-0.39, 0.29) is 11.8 Å². The van der Waals surface area contributed by atoms with Crippen molar-refractivity contribution in [1.82, 2.24) is 15.2 Å². The summed E-state index contributed by atoms with van der Waals surface area (Å²) in [6.07, 6.45) is 6.89. The van der Waals surface area contributed by atoms with E-state index in [9.17, 15) is 14.4 Å². The highest BCUT2D eigenvalue weighted by molar-refractivity contribution is 6.07. The van der Waals surface area contributed by atoms with Crippen LogP contribution in [0.4, 0.5) is 11.4 Å². The monoisotopic (exact) mass is 517 g/mol. The molecule has 0 aliphatic heterocycles. The van der Waals surface area contributed by atoms with E-state index >= 15 is 0 Å². The number of amides is 2. The van der Waals surface area contributed by atoms with Crippen LogP contribution in [0.2, 0.25) is 0 Å². The van der Waals surface area contributed by atoms with Crippen molar-refractivity contribution >= 4 is 52.2 Å². The molecule has 3 aromatic carbocycles. The van der Waals surface area contributed by atoms with Crippen molar-refractivity contribution in [1.29, 1.82) is 0 Å². The maximum Gasteiger partial charge on any atom is 0.337 e.